The van der Waals surface area contributed by atoms with Crippen molar-refractivity contribution in [1.82, 2.24) is 4.98 Å². The fourth-order valence-corrected chi connectivity index (χ4v) is 1.71. The number of aromatic nitrogens is 1. The molecule has 3 nitrogen and oxygen atoms in total. The molecule has 1 heterocycles. The average Bonchev–Trinajstić information content (AvgIpc) is 2.36. The highest BCUT2D eigenvalue weighted by molar-refractivity contribution is 5.65. The number of benzene rings is 1. The molecular formula is C14H17N3. The number of hydrogen-bond donors (Lipinski definition) is 2. The maximum atomic E-state index is 5.98. The largest absolute Gasteiger partial charge is 0.396 e. The third kappa shape index (κ3) is 2.56. The van der Waals surface area contributed by atoms with Gasteiger partial charge in [-0.2, -0.15) is 0 Å². The lowest BCUT2D eigenvalue weighted by Gasteiger charge is -2.16. The average molecular weight is 227 g/mol. The van der Waals surface area contributed by atoms with Crippen LogP contribution in [0.1, 0.15) is 24.1 Å². The second-order valence-corrected chi connectivity index (χ2v) is 4.17. The van der Waals surface area contributed by atoms with Gasteiger partial charge in [-0.25, -0.2) is 4.98 Å². The molecule has 0 amide bonds. The zero-order chi connectivity index (χ0) is 12.3. The molecule has 0 fully saturated rings. The SMILES string of the molecule is Cc1ccnc(NC(C)c2ccccc2)c1N. The summed E-state index contributed by atoms with van der Waals surface area (Å²) in [6.07, 6.45) is 1.77. The van der Waals surface area contributed by atoms with Crippen molar-refractivity contribution in [3.05, 3.63) is 53.7 Å². The Morgan fingerprint density at radius 1 is 1.18 bits per heavy atom. The lowest BCUT2D eigenvalue weighted by Crippen LogP contribution is -2.10. The van der Waals surface area contributed by atoms with E-state index in [4.69, 9.17) is 5.73 Å². The normalized spacial score (nSPS) is 12.1. The first-order chi connectivity index (χ1) is 8.18. The van der Waals surface area contributed by atoms with Crippen LogP contribution in [0.15, 0.2) is 42.6 Å². The van der Waals surface area contributed by atoms with Gasteiger partial charge in [0.25, 0.3) is 0 Å². The van der Waals surface area contributed by atoms with Gasteiger partial charge in [0.1, 0.15) is 5.82 Å². The van der Waals surface area contributed by atoms with Gasteiger partial charge in [-0.05, 0) is 31.0 Å². The van der Waals surface area contributed by atoms with E-state index in [2.05, 4.69) is 29.4 Å². The molecule has 0 aliphatic rings. The Hall–Kier alpha value is -2.03. The molecular weight excluding hydrogens is 210 g/mol. The van der Waals surface area contributed by atoms with E-state index in [-0.39, 0.29) is 6.04 Å². The van der Waals surface area contributed by atoms with Gasteiger partial charge in [0, 0.05) is 6.20 Å². The van der Waals surface area contributed by atoms with Crippen LogP contribution in [0.25, 0.3) is 0 Å². The van der Waals surface area contributed by atoms with Gasteiger partial charge in [0.05, 0.1) is 11.7 Å². The topological polar surface area (TPSA) is 50.9 Å². The van der Waals surface area contributed by atoms with E-state index in [1.165, 1.54) is 5.56 Å². The minimum absolute atomic E-state index is 0.188. The molecule has 88 valence electrons. The predicted octanol–water partition coefficient (Wildman–Crippen LogP) is 3.15. The van der Waals surface area contributed by atoms with Crippen molar-refractivity contribution in [3.63, 3.8) is 0 Å². The van der Waals surface area contributed by atoms with Crippen molar-refractivity contribution >= 4 is 11.5 Å². The molecule has 0 saturated carbocycles. The summed E-state index contributed by atoms with van der Waals surface area (Å²) in [5, 5.41) is 3.33. The van der Waals surface area contributed by atoms with Crippen LogP contribution in [-0.2, 0) is 0 Å². The number of pyridine rings is 1. The van der Waals surface area contributed by atoms with Gasteiger partial charge in [0.2, 0.25) is 0 Å². The first-order valence-electron chi connectivity index (χ1n) is 5.71. The summed E-state index contributed by atoms with van der Waals surface area (Å²) in [6.45, 7) is 4.08. The standard InChI is InChI=1S/C14H17N3/c1-10-8-9-16-14(13(10)15)17-11(2)12-6-4-3-5-7-12/h3-9,11H,15H2,1-2H3,(H,16,17). The van der Waals surface area contributed by atoms with Crippen molar-refractivity contribution in [2.75, 3.05) is 11.1 Å². The molecule has 2 rings (SSSR count). The summed E-state index contributed by atoms with van der Waals surface area (Å²) in [5.41, 5.74) is 8.96. The first kappa shape index (κ1) is 11.5. The Labute approximate surface area is 102 Å². The Kier molecular flexibility index (Phi) is 3.28. The second kappa shape index (κ2) is 4.87. The van der Waals surface area contributed by atoms with Crippen LogP contribution in [0.2, 0.25) is 0 Å². The Bertz CT molecular complexity index is 494. The van der Waals surface area contributed by atoms with Crippen molar-refractivity contribution in [2.24, 2.45) is 0 Å². The van der Waals surface area contributed by atoms with E-state index >= 15 is 0 Å². The summed E-state index contributed by atoms with van der Waals surface area (Å²) in [6, 6.07) is 12.3. The molecule has 2 aromatic rings. The molecule has 0 aliphatic heterocycles. The molecule has 0 radical (unpaired) electrons. The zero-order valence-corrected chi connectivity index (χ0v) is 10.1. The lowest BCUT2D eigenvalue weighted by molar-refractivity contribution is 0.875. The van der Waals surface area contributed by atoms with E-state index < -0.39 is 0 Å². The summed E-state index contributed by atoms with van der Waals surface area (Å²) >= 11 is 0. The van der Waals surface area contributed by atoms with Crippen LogP contribution >= 0.6 is 0 Å². The van der Waals surface area contributed by atoms with Crippen molar-refractivity contribution in [3.8, 4) is 0 Å². The number of nitrogens with two attached hydrogens (primary N) is 1. The molecule has 1 aromatic heterocycles. The maximum absolute atomic E-state index is 5.98. The molecule has 1 atom stereocenters. The highest BCUT2D eigenvalue weighted by Crippen LogP contribution is 2.23. The molecule has 0 bridgehead atoms. The van der Waals surface area contributed by atoms with Crippen molar-refractivity contribution in [2.45, 2.75) is 19.9 Å². The molecule has 0 spiro atoms. The van der Waals surface area contributed by atoms with Gasteiger partial charge in [0.15, 0.2) is 0 Å². The number of nitrogens with one attached hydrogen (secondary N) is 1. The number of anilines is 2. The molecule has 1 aromatic carbocycles. The van der Waals surface area contributed by atoms with Gasteiger partial charge in [-0.15, -0.1) is 0 Å². The van der Waals surface area contributed by atoms with E-state index in [1.807, 2.05) is 31.2 Å². The number of aryl methyl sites for hydroxylation is 1. The highest BCUT2D eigenvalue weighted by atomic mass is 15.0. The quantitative estimate of drug-likeness (QED) is 0.847. The third-order valence-electron chi connectivity index (χ3n) is 2.86. The van der Waals surface area contributed by atoms with Crippen molar-refractivity contribution in [1.29, 1.82) is 0 Å². The Morgan fingerprint density at radius 3 is 2.59 bits per heavy atom. The molecule has 3 N–H and O–H groups in total. The minimum atomic E-state index is 0.188. The second-order valence-electron chi connectivity index (χ2n) is 4.17. The molecule has 0 aliphatic carbocycles. The van der Waals surface area contributed by atoms with Crippen LogP contribution in [-0.4, -0.2) is 4.98 Å². The number of nitrogens with zero attached hydrogens (tertiary/aromatic N) is 1. The summed E-state index contributed by atoms with van der Waals surface area (Å²) in [7, 11) is 0. The minimum Gasteiger partial charge on any atom is -0.396 e. The number of nitrogen functional groups attached to an aromatic ring is 1. The van der Waals surface area contributed by atoms with E-state index in [0.29, 0.717) is 0 Å². The molecule has 17 heavy (non-hydrogen) atoms. The molecule has 3 heteroatoms. The van der Waals surface area contributed by atoms with Gasteiger partial charge in [-0.3, -0.25) is 0 Å². The van der Waals surface area contributed by atoms with E-state index in [1.54, 1.807) is 6.20 Å². The van der Waals surface area contributed by atoms with E-state index in [9.17, 15) is 0 Å². The van der Waals surface area contributed by atoms with E-state index in [0.717, 1.165) is 17.1 Å². The summed E-state index contributed by atoms with van der Waals surface area (Å²) in [5.74, 6) is 0.751. The maximum Gasteiger partial charge on any atom is 0.149 e. The number of rotatable bonds is 3. The predicted molar refractivity (Wildman–Crippen MR) is 71.9 cm³/mol. The number of hydrogen-bond acceptors (Lipinski definition) is 3. The molecule has 0 saturated heterocycles. The summed E-state index contributed by atoms with van der Waals surface area (Å²) in [4.78, 5) is 4.27. The van der Waals surface area contributed by atoms with Crippen LogP contribution in [0.5, 0.6) is 0 Å². The fourth-order valence-electron chi connectivity index (χ4n) is 1.71. The van der Waals surface area contributed by atoms with Gasteiger partial charge < -0.3 is 11.1 Å². The Balaban J connectivity index is 2.19. The highest BCUT2D eigenvalue weighted by Gasteiger charge is 2.08. The Morgan fingerprint density at radius 2 is 1.88 bits per heavy atom. The van der Waals surface area contributed by atoms with Crippen LogP contribution in [0, 0.1) is 6.92 Å². The van der Waals surface area contributed by atoms with Crippen molar-refractivity contribution < 1.29 is 0 Å². The summed E-state index contributed by atoms with van der Waals surface area (Å²) < 4.78 is 0. The van der Waals surface area contributed by atoms with Crippen LogP contribution in [0.4, 0.5) is 11.5 Å². The van der Waals surface area contributed by atoms with Crippen LogP contribution in [0.3, 0.4) is 0 Å². The lowest BCUT2D eigenvalue weighted by atomic mass is 10.1. The molecule has 1 unspecified atom stereocenters. The van der Waals surface area contributed by atoms with Gasteiger partial charge in [-0.1, -0.05) is 30.3 Å². The third-order valence-corrected chi connectivity index (χ3v) is 2.86. The van der Waals surface area contributed by atoms with Crippen LogP contribution < -0.4 is 11.1 Å². The first-order valence-corrected chi connectivity index (χ1v) is 5.71. The fraction of sp³-hybridized carbons (Fsp3) is 0.214. The van der Waals surface area contributed by atoms with Gasteiger partial charge >= 0.3 is 0 Å². The zero-order valence-electron chi connectivity index (χ0n) is 10.1. The monoisotopic (exact) mass is 227 g/mol. The smallest absolute Gasteiger partial charge is 0.149 e.